The summed E-state index contributed by atoms with van der Waals surface area (Å²) >= 11 is 0. The number of nitrogens with zero attached hydrogens (tertiary/aromatic N) is 3. The Hall–Kier alpha value is -2.50. The molecule has 19 heavy (non-hydrogen) atoms. The second-order valence-electron chi connectivity index (χ2n) is 3.92. The predicted octanol–water partition coefficient (Wildman–Crippen LogP) is 1.74. The summed E-state index contributed by atoms with van der Waals surface area (Å²) < 4.78 is 0. The smallest absolute Gasteiger partial charge is 0.354 e. The molecule has 0 aliphatic heterocycles. The Morgan fingerprint density at radius 2 is 2.05 bits per heavy atom. The summed E-state index contributed by atoms with van der Waals surface area (Å²) in [6.45, 7) is 2.44. The molecule has 0 atom stereocenters. The van der Waals surface area contributed by atoms with Gasteiger partial charge >= 0.3 is 5.97 Å². The van der Waals surface area contributed by atoms with Crippen molar-refractivity contribution < 1.29 is 9.90 Å². The molecule has 2 heterocycles. The van der Waals surface area contributed by atoms with E-state index in [1.807, 2.05) is 19.1 Å². The Bertz CT molecular complexity index is 572. The van der Waals surface area contributed by atoms with E-state index in [1.165, 1.54) is 6.07 Å². The number of carboxylic acid groups (broad SMARTS) is 1. The molecule has 98 valence electrons. The Morgan fingerprint density at radius 1 is 1.32 bits per heavy atom. The Kier molecular flexibility index (Phi) is 4.02. The van der Waals surface area contributed by atoms with Crippen LogP contribution in [0.2, 0.25) is 0 Å². The van der Waals surface area contributed by atoms with Crippen molar-refractivity contribution in [1.29, 1.82) is 0 Å². The van der Waals surface area contributed by atoms with Crippen molar-refractivity contribution in [3.05, 3.63) is 47.7 Å². The Balaban J connectivity index is 2.15. The highest BCUT2D eigenvalue weighted by molar-refractivity contribution is 5.86. The average molecular weight is 258 g/mol. The van der Waals surface area contributed by atoms with Crippen molar-refractivity contribution in [2.24, 2.45) is 0 Å². The average Bonchev–Trinajstić information content (AvgIpc) is 2.45. The lowest BCUT2D eigenvalue weighted by molar-refractivity contribution is 0.0690. The van der Waals surface area contributed by atoms with Crippen molar-refractivity contribution in [2.75, 3.05) is 5.32 Å². The number of nitrogens with one attached hydrogen (secondary N) is 1. The van der Waals surface area contributed by atoms with Gasteiger partial charge in [0, 0.05) is 31.4 Å². The summed E-state index contributed by atoms with van der Waals surface area (Å²) in [5.74, 6) is -0.0257. The molecular weight excluding hydrogens is 244 g/mol. The summed E-state index contributed by atoms with van der Waals surface area (Å²) in [4.78, 5) is 23.1. The summed E-state index contributed by atoms with van der Waals surface area (Å²) in [5.41, 5.74) is 1.05. The topological polar surface area (TPSA) is 88.0 Å². The summed E-state index contributed by atoms with van der Waals surface area (Å²) in [5, 5.41) is 12.1. The van der Waals surface area contributed by atoms with Crippen molar-refractivity contribution in [2.45, 2.75) is 19.9 Å². The van der Waals surface area contributed by atoms with E-state index in [1.54, 1.807) is 12.4 Å². The van der Waals surface area contributed by atoms with Gasteiger partial charge in [-0.25, -0.2) is 14.8 Å². The van der Waals surface area contributed by atoms with Gasteiger partial charge in [-0.2, -0.15) is 0 Å². The molecule has 0 spiro atoms. The molecule has 0 saturated heterocycles. The fourth-order valence-corrected chi connectivity index (χ4v) is 1.55. The number of aromatic nitrogens is 3. The zero-order valence-electron chi connectivity index (χ0n) is 10.5. The number of hydrogen-bond donors (Lipinski definition) is 2. The van der Waals surface area contributed by atoms with Gasteiger partial charge in [-0.3, -0.25) is 4.98 Å². The molecule has 0 aliphatic rings. The number of pyridine rings is 1. The van der Waals surface area contributed by atoms with Crippen LogP contribution in [0.3, 0.4) is 0 Å². The maximum atomic E-state index is 11.0. The first kappa shape index (κ1) is 12.9. The summed E-state index contributed by atoms with van der Waals surface area (Å²) in [6.07, 6.45) is 4.00. The molecule has 6 heteroatoms. The number of aromatic carboxylic acids is 1. The molecule has 6 nitrogen and oxygen atoms in total. The van der Waals surface area contributed by atoms with Crippen LogP contribution in [0.15, 0.2) is 30.6 Å². The van der Waals surface area contributed by atoms with Crippen molar-refractivity contribution in [1.82, 2.24) is 15.0 Å². The summed E-state index contributed by atoms with van der Waals surface area (Å²) in [6, 6.07) is 5.20. The van der Waals surface area contributed by atoms with Crippen LogP contribution in [0.5, 0.6) is 0 Å². The van der Waals surface area contributed by atoms with Gasteiger partial charge in [-0.05, 0) is 17.7 Å². The Morgan fingerprint density at radius 3 is 2.68 bits per heavy atom. The SMILES string of the molecule is CCc1nc(NCc2ccncc2)cc(C(=O)O)n1. The highest BCUT2D eigenvalue weighted by Crippen LogP contribution is 2.09. The van der Waals surface area contributed by atoms with E-state index in [0.717, 1.165) is 5.56 Å². The van der Waals surface area contributed by atoms with Crippen molar-refractivity contribution >= 4 is 11.8 Å². The first-order valence-electron chi connectivity index (χ1n) is 5.93. The third kappa shape index (κ3) is 3.48. The van der Waals surface area contributed by atoms with Crippen LogP contribution >= 0.6 is 0 Å². The third-order valence-electron chi connectivity index (χ3n) is 2.53. The van der Waals surface area contributed by atoms with E-state index in [9.17, 15) is 4.79 Å². The molecule has 2 aromatic heterocycles. The molecule has 0 unspecified atom stereocenters. The molecule has 0 aliphatic carbocycles. The van der Waals surface area contributed by atoms with Gasteiger partial charge in [0.15, 0.2) is 5.69 Å². The van der Waals surface area contributed by atoms with Crippen LogP contribution < -0.4 is 5.32 Å². The molecule has 0 aromatic carbocycles. The second-order valence-corrected chi connectivity index (χ2v) is 3.92. The van der Waals surface area contributed by atoms with Crippen LogP contribution in [0, 0.1) is 0 Å². The monoisotopic (exact) mass is 258 g/mol. The quantitative estimate of drug-likeness (QED) is 0.849. The van der Waals surface area contributed by atoms with Crippen LogP contribution in [-0.2, 0) is 13.0 Å². The first-order valence-corrected chi connectivity index (χ1v) is 5.93. The van der Waals surface area contributed by atoms with E-state index in [2.05, 4.69) is 20.3 Å². The van der Waals surface area contributed by atoms with Crippen LogP contribution in [0.1, 0.15) is 28.8 Å². The van der Waals surface area contributed by atoms with E-state index < -0.39 is 5.97 Å². The van der Waals surface area contributed by atoms with Crippen LogP contribution in [0.4, 0.5) is 5.82 Å². The largest absolute Gasteiger partial charge is 0.477 e. The minimum atomic E-state index is -1.05. The zero-order valence-corrected chi connectivity index (χ0v) is 10.5. The predicted molar refractivity (Wildman–Crippen MR) is 69.9 cm³/mol. The lowest BCUT2D eigenvalue weighted by Gasteiger charge is -2.07. The van der Waals surface area contributed by atoms with Crippen molar-refractivity contribution in [3.8, 4) is 0 Å². The van der Waals surface area contributed by atoms with Gasteiger partial charge in [0.1, 0.15) is 11.6 Å². The summed E-state index contributed by atoms with van der Waals surface area (Å²) in [7, 11) is 0. The molecule has 0 amide bonds. The number of carboxylic acids is 1. The number of hydrogen-bond acceptors (Lipinski definition) is 5. The fourth-order valence-electron chi connectivity index (χ4n) is 1.55. The lowest BCUT2D eigenvalue weighted by atomic mass is 10.2. The molecule has 2 rings (SSSR count). The minimum Gasteiger partial charge on any atom is -0.477 e. The lowest BCUT2D eigenvalue weighted by Crippen LogP contribution is -2.09. The van der Waals surface area contributed by atoms with Crippen LogP contribution in [0.25, 0.3) is 0 Å². The van der Waals surface area contributed by atoms with Crippen LogP contribution in [-0.4, -0.2) is 26.0 Å². The van der Waals surface area contributed by atoms with Crippen molar-refractivity contribution in [3.63, 3.8) is 0 Å². The Labute approximate surface area is 110 Å². The number of aryl methyl sites for hydroxylation is 1. The number of rotatable bonds is 5. The minimum absolute atomic E-state index is 0.00378. The maximum Gasteiger partial charge on any atom is 0.354 e. The number of carbonyl (C=O) groups is 1. The van der Waals surface area contributed by atoms with Gasteiger partial charge in [-0.1, -0.05) is 6.92 Å². The van der Waals surface area contributed by atoms with Gasteiger partial charge < -0.3 is 10.4 Å². The zero-order chi connectivity index (χ0) is 13.7. The van der Waals surface area contributed by atoms with E-state index in [0.29, 0.717) is 24.6 Å². The van der Waals surface area contributed by atoms with E-state index in [-0.39, 0.29) is 5.69 Å². The maximum absolute atomic E-state index is 11.0. The highest BCUT2D eigenvalue weighted by atomic mass is 16.4. The second kappa shape index (κ2) is 5.90. The van der Waals surface area contributed by atoms with E-state index in [4.69, 9.17) is 5.11 Å². The van der Waals surface area contributed by atoms with Gasteiger partial charge in [0.2, 0.25) is 0 Å². The van der Waals surface area contributed by atoms with Gasteiger partial charge in [0.05, 0.1) is 0 Å². The van der Waals surface area contributed by atoms with Gasteiger partial charge in [0.25, 0.3) is 0 Å². The normalized spacial score (nSPS) is 10.2. The van der Waals surface area contributed by atoms with E-state index >= 15 is 0 Å². The first-order chi connectivity index (χ1) is 9.19. The molecule has 2 aromatic rings. The number of anilines is 1. The molecule has 2 N–H and O–H groups in total. The van der Waals surface area contributed by atoms with Gasteiger partial charge in [-0.15, -0.1) is 0 Å². The molecule has 0 saturated carbocycles. The molecule has 0 fully saturated rings. The fraction of sp³-hybridized carbons (Fsp3) is 0.231. The highest BCUT2D eigenvalue weighted by Gasteiger charge is 2.09. The molecule has 0 bridgehead atoms. The molecular formula is C13H14N4O2. The standard InChI is InChI=1S/C13H14N4O2/c1-2-11-16-10(13(18)19)7-12(17-11)15-8-9-3-5-14-6-4-9/h3-7H,2,8H2,1H3,(H,18,19)(H,15,16,17). The third-order valence-corrected chi connectivity index (χ3v) is 2.53. The molecule has 0 radical (unpaired) electrons.